The third-order valence-electron chi connectivity index (χ3n) is 2.47. The van der Waals surface area contributed by atoms with E-state index in [2.05, 4.69) is 52.6 Å². The predicted molar refractivity (Wildman–Crippen MR) is 64.6 cm³/mol. The Morgan fingerprint density at radius 1 is 1.23 bits per heavy atom. The van der Waals surface area contributed by atoms with Crippen molar-refractivity contribution in [3.8, 4) is 0 Å². The zero-order chi connectivity index (χ0) is 10.5. The highest BCUT2D eigenvalue weighted by Crippen LogP contribution is 2.13. The van der Waals surface area contributed by atoms with Crippen molar-refractivity contribution in [1.82, 2.24) is 5.32 Å². The van der Waals surface area contributed by atoms with Crippen LogP contribution in [0.1, 0.15) is 41.0 Å². The molecule has 0 heterocycles. The van der Waals surface area contributed by atoms with E-state index >= 15 is 0 Å². The van der Waals surface area contributed by atoms with Crippen molar-refractivity contribution >= 4 is 12.6 Å². The van der Waals surface area contributed by atoms with Gasteiger partial charge in [0, 0.05) is 11.3 Å². The average Bonchev–Trinajstić information content (AvgIpc) is 1.95. The highest BCUT2D eigenvalue weighted by atomic mass is 32.1. The maximum Gasteiger partial charge on any atom is 0.0198 e. The lowest BCUT2D eigenvalue weighted by Crippen LogP contribution is -2.31. The van der Waals surface area contributed by atoms with Crippen molar-refractivity contribution in [2.24, 2.45) is 11.8 Å². The Hall–Kier alpha value is 0.310. The lowest BCUT2D eigenvalue weighted by Gasteiger charge is -2.20. The van der Waals surface area contributed by atoms with Crippen LogP contribution in [0.4, 0.5) is 0 Å². The SMILES string of the molecule is CC(C)C(C)CCNCC(C)(C)S. The van der Waals surface area contributed by atoms with Crippen molar-refractivity contribution in [1.29, 1.82) is 0 Å². The Morgan fingerprint density at radius 3 is 2.15 bits per heavy atom. The van der Waals surface area contributed by atoms with Crippen LogP contribution in [0.15, 0.2) is 0 Å². The normalized spacial score (nSPS) is 15.0. The van der Waals surface area contributed by atoms with E-state index < -0.39 is 0 Å². The van der Waals surface area contributed by atoms with Gasteiger partial charge in [-0.1, -0.05) is 20.8 Å². The molecule has 0 aliphatic heterocycles. The smallest absolute Gasteiger partial charge is 0.0198 e. The number of nitrogens with one attached hydrogen (secondary N) is 1. The standard InChI is InChI=1S/C11H25NS/c1-9(2)10(3)6-7-12-8-11(4,5)13/h9-10,12-13H,6-8H2,1-5H3. The Labute approximate surface area is 89.1 Å². The van der Waals surface area contributed by atoms with Crippen LogP contribution in [0.3, 0.4) is 0 Å². The lowest BCUT2D eigenvalue weighted by molar-refractivity contribution is 0.380. The summed E-state index contributed by atoms with van der Waals surface area (Å²) in [6.45, 7) is 13.3. The molecule has 80 valence electrons. The van der Waals surface area contributed by atoms with Gasteiger partial charge in [0.15, 0.2) is 0 Å². The van der Waals surface area contributed by atoms with Gasteiger partial charge in [-0.15, -0.1) is 0 Å². The molecule has 0 aromatic carbocycles. The summed E-state index contributed by atoms with van der Waals surface area (Å²) >= 11 is 4.46. The molecule has 1 atom stereocenters. The molecule has 1 N–H and O–H groups in total. The molecule has 0 spiro atoms. The summed E-state index contributed by atoms with van der Waals surface area (Å²) in [5.41, 5.74) is 0. The van der Waals surface area contributed by atoms with Crippen LogP contribution in [0.2, 0.25) is 0 Å². The molecule has 0 rings (SSSR count). The van der Waals surface area contributed by atoms with Crippen LogP contribution in [0.25, 0.3) is 0 Å². The molecule has 1 nitrogen and oxygen atoms in total. The Bertz CT molecular complexity index is 127. The topological polar surface area (TPSA) is 12.0 Å². The monoisotopic (exact) mass is 203 g/mol. The van der Waals surface area contributed by atoms with Crippen LogP contribution in [-0.2, 0) is 0 Å². The molecule has 0 fully saturated rings. The first-order valence-corrected chi connectivity index (χ1v) is 5.71. The van der Waals surface area contributed by atoms with E-state index in [9.17, 15) is 0 Å². The van der Waals surface area contributed by atoms with E-state index in [1.54, 1.807) is 0 Å². The lowest BCUT2D eigenvalue weighted by atomic mass is 9.95. The van der Waals surface area contributed by atoms with Crippen molar-refractivity contribution in [3.63, 3.8) is 0 Å². The first-order valence-electron chi connectivity index (χ1n) is 5.26. The van der Waals surface area contributed by atoms with Crippen molar-refractivity contribution < 1.29 is 0 Å². The summed E-state index contributed by atoms with van der Waals surface area (Å²) in [6, 6.07) is 0. The van der Waals surface area contributed by atoms with E-state index in [1.807, 2.05) is 0 Å². The summed E-state index contributed by atoms with van der Waals surface area (Å²) in [5, 5.41) is 3.43. The van der Waals surface area contributed by atoms with Gasteiger partial charge in [0.05, 0.1) is 0 Å². The maximum atomic E-state index is 4.46. The number of hydrogen-bond acceptors (Lipinski definition) is 2. The average molecular weight is 203 g/mol. The third-order valence-corrected chi connectivity index (χ3v) is 2.63. The molecular weight excluding hydrogens is 178 g/mol. The van der Waals surface area contributed by atoms with E-state index in [0.717, 1.165) is 24.9 Å². The van der Waals surface area contributed by atoms with Gasteiger partial charge in [0.25, 0.3) is 0 Å². The van der Waals surface area contributed by atoms with Crippen LogP contribution in [0, 0.1) is 11.8 Å². The molecule has 0 amide bonds. The van der Waals surface area contributed by atoms with Crippen LogP contribution in [-0.4, -0.2) is 17.8 Å². The predicted octanol–water partition coefficient (Wildman–Crippen LogP) is 2.97. The Balaban J connectivity index is 3.36. The zero-order valence-electron chi connectivity index (χ0n) is 9.72. The molecular formula is C11H25NS. The Kier molecular flexibility index (Phi) is 6.06. The summed E-state index contributed by atoms with van der Waals surface area (Å²) in [5.74, 6) is 1.61. The van der Waals surface area contributed by atoms with Crippen molar-refractivity contribution in [2.75, 3.05) is 13.1 Å². The molecule has 0 aliphatic rings. The molecule has 0 saturated carbocycles. The fourth-order valence-corrected chi connectivity index (χ4v) is 1.17. The van der Waals surface area contributed by atoms with Gasteiger partial charge < -0.3 is 5.32 Å². The van der Waals surface area contributed by atoms with Gasteiger partial charge in [0.1, 0.15) is 0 Å². The fourth-order valence-electron chi connectivity index (χ4n) is 1.06. The minimum absolute atomic E-state index is 0.112. The first-order chi connectivity index (χ1) is 5.83. The summed E-state index contributed by atoms with van der Waals surface area (Å²) in [7, 11) is 0. The summed E-state index contributed by atoms with van der Waals surface area (Å²) < 4.78 is 0.112. The molecule has 0 bridgehead atoms. The molecule has 0 aliphatic carbocycles. The van der Waals surface area contributed by atoms with Gasteiger partial charge in [-0.2, -0.15) is 12.6 Å². The van der Waals surface area contributed by atoms with Crippen molar-refractivity contribution in [2.45, 2.75) is 45.8 Å². The van der Waals surface area contributed by atoms with Crippen LogP contribution >= 0.6 is 12.6 Å². The van der Waals surface area contributed by atoms with Crippen LogP contribution < -0.4 is 5.32 Å². The van der Waals surface area contributed by atoms with Crippen molar-refractivity contribution in [3.05, 3.63) is 0 Å². The van der Waals surface area contributed by atoms with Gasteiger partial charge in [-0.25, -0.2) is 0 Å². The second-order valence-corrected chi connectivity index (χ2v) is 6.21. The molecule has 0 saturated heterocycles. The zero-order valence-corrected chi connectivity index (χ0v) is 10.6. The molecule has 1 unspecified atom stereocenters. The second-order valence-electron chi connectivity index (χ2n) is 5.00. The fraction of sp³-hybridized carbons (Fsp3) is 1.00. The quantitative estimate of drug-likeness (QED) is 0.499. The third kappa shape index (κ3) is 8.63. The van der Waals surface area contributed by atoms with Crippen LogP contribution in [0.5, 0.6) is 0 Å². The van der Waals surface area contributed by atoms with E-state index in [0.29, 0.717) is 0 Å². The molecule has 0 aromatic heterocycles. The number of hydrogen-bond donors (Lipinski definition) is 2. The largest absolute Gasteiger partial charge is 0.315 e. The highest BCUT2D eigenvalue weighted by molar-refractivity contribution is 7.81. The van der Waals surface area contributed by atoms with E-state index in [1.165, 1.54) is 6.42 Å². The van der Waals surface area contributed by atoms with E-state index in [4.69, 9.17) is 0 Å². The van der Waals surface area contributed by atoms with Gasteiger partial charge in [-0.05, 0) is 38.6 Å². The summed E-state index contributed by atoms with van der Waals surface area (Å²) in [6.07, 6.45) is 1.27. The Morgan fingerprint density at radius 2 is 1.77 bits per heavy atom. The van der Waals surface area contributed by atoms with E-state index in [-0.39, 0.29) is 4.75 Å². The first kappa shape index (κ1) is 13.3. The second kappa shape index (κ2) is 5.92. The number of rotatable bonds is 6. The maximum absolute atomic E-state index is 4.46. The summed E-state index contributed by atoms with van der Waals surface area (Å²) in [4.78, 5) is 0. The van der Waals surface area contributed by atoms with Gasteiger partial charge >= 0.3 is 0 Å². The molecule has 0 aromatic rings. The minimum atomic E-state index is 0.112. The van der Waals surface area contributed by atoms with Gasteiger partial charge in [0.2, 0.25) is 0 Å². The number of thiol groups is 1. The highest BCUT2D eigenvalue weighted by Gasteiger charge is 2.11. The minimum Gasteiger partial charge on any atom is -0.315 e. The van der Waals surface area contributed by atoms with Gasteiger partial charge in [-0.3, -0.25) is 0 Å². The molecule has 13 heavy (non-hydrogen) atoms. The molecule has 2 heteroatoms. The molecule has 0 radical (unpaired) electrons.